The number of carbonyl (C=O) groups excluding carboxylic acids is 8. The number of carbonyl (C=O) groups is 8. The van der Waals surface area contributed by atoms with E-state index >= 15 is 0 Å². The molecule has 0 radical (unpaired) electrons. The van der Waals surface area contributed by atoms with Crippen LogP contribution in [0.3, 0.4) is 0 Å². The number of aliphatic hydroxyl groups excluding tert-OH is 1. The zero-order valence-electron chi connectivity index (χ0n) is 56.2. The molecule has 0 spiro atoms. The van der Waals surface area contributed by atoms with Gasteiger partial charge in [0.25, 0.3) is 5.69 Å². The number of aliphatic hydroxyl groups is 1. The van der Waals surface area contributed by atoms with E-state index in [1.54, 1.807) is 43.3 Å². The maximum absolute atomic E-state index is 11.4. The summed E-state index contributed by atoms with van der Waals surface area (Å²) in [7, 11) is 0. The molecule has 0 saturated carbocycles. The molecule has 0 bridgehead atoms. The number of fused-ring (bicyclic) bond motifs is 8. The second kappa shape index (κ2) is 35.2. The summed E-state index contributed by atoms with van der Waals surface area (Å²) < 4.78 is 35.3. The first-order chi connectivity index (χ1) is 48.9. The minimum absolute atomic E-state index is 0.00564. The van der Waals surface area contributed by atoms with Crippen LogP contribution in [-0.4, -0.2) is 209 Å². The lowest BCUT2D eigenvalue weighted by Gasteiger charge is -2.23. The Labute approximate surface area is 588 Å². The summed E-state index contributed by atoms with van der Waals surface area (Å²) in [5, 5.41) is 43.7. The van der Waals surface area contributed by atoms with E-state index in [-0.39, 0.29) is 77.6 Å². The Balaban J connectivity index is 0.000000143. The van der Waals surface area contributed by atoms with E-state index < -0.39 is 17.0 Å². The number of phenolic OH excluding ortho intramolecular Hbond substituents is 1. The maximum atomic E-state index is 11.4. The third-order valence-electron chi connectivity index (χ3n) is 15.0. The van der Waals surface area contributed by atoms with E-state index in [2.05, 4.69) is 56.0 Å². The van der Waals surface area contributed by atoms with Crippen molar-refractivity contribution in [3.63, 3.8) is 0 Å². The van der Waals surface area contributed by atoms with Crippen LogP contribution in [0.4, 0.5) is 28.4 Å². The predicted molar refractivity (Wildman–Crippen MR) is 367 cm³/mol. The van der Waals surface area contributed by atoms with Gasteiger partial charge in [-0.1, -0.05) is 13.8 Å². The van der Waals surface area contributed by atoms with Gasteiger partial charge in [0.2, 0.25) is 47.5 Å². The minimum Gasteiger partial charge on any atom is -0.508 e. The van der Waals surface area contributed by atoms with Crippen LogP contribution in [-0.2, 0) is 74.0 Å². The molecule has 3 atom stereocenters. The molecule has 540 valence electrons. The monoisotopic (exact) mass is 1430 g/mol. The number of aliphatic imine (C=N–C) groups is 4. The average Bonchev–Trinajstić information content (AvgIpc) is 1.57. The first kappa shape index (κ1) is 75.0. The largest absolute Gasteiger partial charge is 0.508 e. The summed E-state index contributed by atoms with van der Waals surface area (Å²) in [6, 6.07) is 25.5. The van der Waals surface area contributed by atoms with Crippen LogP contribution in [0.1, 0.15) is 67.2 Å². The first-order valence-electron chi connectivity index (χ1n) is 32.1. The van der Waals surface area contributed by atoms with Crippen molar-refractivity contribution in [2.45, 2.75) is 85.2 Å². The predicted octanol–water partition coefficient (Wildman–Crippen LogP) is 3.09. The number of nitrogens with two attached hydrogens (primary N) is 1. The number of alkyl halides is 1. The van der Waals surface area contributed by atoms with Crippen LogP contribution in [0, 0.1) is 10.1 Å². The number of guanidine groups is 4. The number of nitro groups is 1. The van der Waals surface area contributed by atoms with Crippen molar-refractivity contribution in [3.8, 4) is 28.7 Å². The molecule has 10 aliphatic heterocycles. The highest BCUT2D eigenvalue weighted by Gasteiger charge is 2.33. The number of benzene rings is 5. The Bertz CT molecular complexity index is 4130. The number of epoxide rings is 2. The van der Waals surface area contributed by atoms with Crippen molar-refractivity contribution < 1.29 is 86.7 Å². The summed E-state index contributed by atoms with van der Waals surface area (Å²) >= 11 is 5.27. The van der Waals surface area contributed by atoms with Crippen LogP contribution in [0.2, 0.25) is 0 Å². The number of nitrogens with one attached hydrogen (secondary N) is 5. The van der Waals surface area contributed by atoms with Crippen LogP contribution in [0.25, 0.3) is 0 Å². The molecule has 15 rings (SSSR count). The number of rotatable bonds is 16. The number of ether oxygens (including phenoxy) is 7. The molecule has 0 aliphatic carbocycles. The van der Waals surface area contributed by atoms with E-state index in [1.807, 2.05) is 69.8 Å². The number of hydrogen-bond donors (Lipinski definition) is 8. The summed E-state index contributed by atoms with van der Waals surface area (Å²) in [6.07, 6.45) is 0.432. The molecule has 3 unspecified atom stereocenters. The lowest BCUT2D eigenvalue weighted by atomic mass is 10.1. The van der Waals surface area contributed by atoms with Gasteiger partial charge < -0.3 is 74.0 Å². The lowest BCUT2D eigenvalue weighted by Crippen LogP contribution is -2.35. The molecule has 6 saturated heterocycles. The van der Waals surface area contributed by atoms with Gasteiger partial charge in [0, 0.05) is 80.9 Å². The molecule has 6 fully saturated rings. The third-order valence-corrected chi connectivity index (χ3v) is 15.4. The fraction of sp³-hybridized carbons (Fsp3) is 0.373. The molecule has 4 amide bonds. The highest BCUT2D eigenvalue weighted by atomic mass is 35.5. The van der Waals surface area contributed by atoms with Crippen molar-refractivity contribution >= 4 is 112 Å². The van der Waals surface area contributed by atoms with Crippen LogP contribution in [0.5, 0.6) is 28.7 Å². The van der Waals surface area contributed by atoms with Crippen molar-refractivity contribution in [2.75, 3.05) is 78.2 Å². The Hall–Kier alpha value is -11.2. The Kier molecular flexibility index (Phi) is 25.9. The molecule has 35 heteroatoms. The first-order valence-corrected chi connectivity index (χ1v) is 32.6. The van der Waals surface area contributed by atoms with Gasteiger partial charge in [-0.25, -0.2) is 20.0 Å². The molecular formula is C67H76ClN15O19. The van der Waals surface area contributed by atoms with E-state index in [4.69, 9.17) is 41.0 Å². The maximum Gasteiger partial charge on any atom is 0.319 e. The lowest BCUT2D eigenvalue weighted by molar-refractivity contribution is -0.385. The molecule has 5 aromatic carbocycles. The van der Waals surface area contributed by atoms with E-state index in [0.717, 1.165) is 76.1 Å². The number of aldehydes is 1. The Morgan fingerprint density at radius 1 is 0.647 bits per heavy atom. The van der Waals surface area contributed by atoms with Crippen molar-refractivity contribution in [1.82, 2.24) is 46.2 Å². The highest BCUT2D eigenvalue weighted by Crippen LogP contribution is 2.35. The van der Waals surface area contributed by atoms with Crippen molar-refractivity contribution in [1.29, 1.82) is 0 Å². The van der Waals surface area contributed by atoms with Crippen LogP contribution in [0.15, 0.2) is 111 Å². The molecule has 9 N–H and O–H groups in total. The molecule has 0 aromatic heterocycles. The van der Waals surface area contributed by atoms with Gasteiger partial charge in [-0.15, -0.1) is 11.6 Å². The van der Waals surface area contributed by atoms with Gasteiger partial charge in [-0.05, 0) is 91.9 Å². The van der Waals surface area contributed by atoms with E-state index in [9.17, 15) is 58.7 Å². The Morgan fingerprint density at radius 2 is 1.05 bits per heavy atom. The molecule has 102 heavy (non-hydrogen) atoms. The molecule has 10 aliphatic rings. The standard InChI is InChI=1S/C16H22N4O3.C13H13N3O3.C12H11N3O3.C10H9N3O2.C9H7NO5.C4H9NO2.C3H5ClO/c1-10(2)17-6-12(21)9-23-13-3-4-14-11(5-13)7-20-8-15(22)19-16(20)18-14;17-12-5-16-4-8-3-9(18-6-10-7-19-10)1-2-11(8)14-13(16)15-12;1-7(16)18-9-2-3-10-8(4-9)5-15-6-11(17)14-12(15)13-10;14-7-1-2-8-6(3-7)4-13-5-9(15)12-10(13)11-8;1-6(12)15-8-2-3-9(10(13)14)7(4-8)5-11;1-2-7-4(6)3-5;4-1-3-2-5-3/h3-5,10,12,17,21H,6-9H2,1-2H3,(H,18,19,22);1-3,10H,4-7H2,(H,14,15,17);2-4H,5-6H2,1H3,(H,13,14,17);1-3,14H,4-5H2,(H,11,12,15);2-5H,1H3;2-3,5H2,1H3;3H,1-2H2. The smallest absolute Gasteiger partial charge is 0.319 e. The number of amides is 4. The quantitative estimate of drug-likeness (QED) is 0.0134. The number of nitro benzene ring substituents is 1. The summed E-state index contributed by atoms with van der Waals surface area (Å²) in [6.45, 7) is 15.6. The van der Waals surface area contributed by atoms with Gasteiger partial charge >= 0.3 is 17.9 Å². The van der Waals surface area contributed by atoms with Crippen LogP contribution < -0.4 is 51.3 Å². The van der Waals surface area contributed by atoms with E-state index in [0.29, 0.717) is 132 Å². The topological polar surface area (TPSA) is 440 Å². The highest BCUT2D eigenvalue weighted by molar-refractivity contribution is 6.18. The summed E-state index contributed by atoms with van der Waals surface area (Å²) in [5.41, 5.74) is 11.7. The Morgan fingerprint density at radius 3 is 1.42 bits per heavy atom. The van der Waals surface area contributed by atoms with Gasteiger partial charge in [0.05, 0.1) is 71.6 Å². The van der Waals surface area contributed by atoms with Gasteiger partial charge in [0.1, 0.15) is 80.3 Å². The minimum atomic E-state index is -0.679. The van der Waals surface area contributed by atoms with Crippen molar-refractivity contribution in [3.05, 3.63) is 129 Å². The fourth-order valence-corrected chi connectivity index (χ4v) is 10.3. The number of aromatic hydroxyl groups is 1. The summed E-state index contributed by atoms with van der Waals surface area (Å²) in [4.78, 5) is 122. The van der Waals surface area contributed by atoms with Gasteiger partial charge in [-0.2, -0.15) is 0 Å². The van der Waals surface area contributed by atoms with Crippen LogP contribution >= 0.6 is 11.6 Å². The second-order valence-electron chi connectivity index (χ2n) is 23.7. The normalized spacial score (nSPS) is 17.5. The number of hydrogen-bond acceptors (Lipinski definition) is 29. The van der Waals surface area contributed by atoms with Crippen molar-refractivity contribution in [2.24, 2.45) is 25.7 Å². The zero-order chi connectivity index (χ0) is 73.1. The molecular weight excluding hydrogens is 1350 g/mol. The average molecular weight is 1430 g/mol. The fourth-order valence-electron chi connectivity index (χ4n) is 10.1. The van der Waals surface area contributed by atoms with Gasteiger partial charge in [0.15, 0.2) is 6.29 Å². The number of halogens is 1. The number of nitrogens with zero attached hydrogens (tertiary/aromatic N) is 9. The molecule has 5 aromatic rings. The number of esters is 3. The SMILES string of the molecule is CC(=O)Oc1ccc([N+](=O)[O-])c(C=O)c1.CC(=O)Oc1ccc2c(c1)CN1CC(=O)NC1=N2.CC(C)NCC(O)COc1ccc2c(c1)CN1CC(=O)NC1=N2.CCOC(=O)CN.ClCC1CO1.O=C1CN2Cc3cc(O)ccc3N=C2N1.O=C1CN2Cc3cc(OCC4CO4)ccc3N=C2N1. The third kappa shape index (κ3) is 22.2. The molecule has 34 nitrogen and oxygen atoms in total. The second-order valence-corrected chi connectivity index (χ2v) is 24.0. The van der Waals surface area contributed by atoms with Gasteiger partial charge in [-0.3, -0.25) is 69.7 Å². The van der Waals surface area contributed by atoms with E-state index in [1.165, 1.54) is 19.9 Å². The zero-order valence-corrected chi connectivity index (χ0v) is 56.9. The molecule has 10 heterocycles. The number of phenols is 1. The summed E-state index contributed by atoms with van der Waals surface area (Å²) in [5.74, 6) is 4.11.